The molecule has 5 aromatic rings. The van der Waals surface area contributed by atoms with Gasteiger partial charge in [0.05, 0.1) is 0 Å². The van der Waals surface area contributed by atoms with Crippen LogP contribution in [0.15, 0.2) is 91.0 Å². The normalized spacial score (nSPS) is 19.5. The average Bonchev–Trinajstić information content (AvgIpc) is 3.02. The maximum Gasteiger partial charge on any atom is 0.249 e. The van der Waals surface area contributed by atoms with E-state index in [-0.39, 0.29) is 5.91 Å². The van der Waals surface area contributed by atoms with Crippen molar-refractivity contribution in [1.82, 2.24) is 4.90 Å². The Bertz CT molecular complexity index is 1590. The summed E-state index contributed by atoms with van der Waals surface area (Å²) in [5.41, 5.74) is 9.00. The van der Waals surface area contributed by atoms with Gasteiger partial charge in [-0.15, -0.1) is 0 Å². The van der Waals surface area contributed by atoms with Gasteiger partial charge in [-0.1, -0.05) is 84.9 Å². The van der Waals surface area contributed by atoms with Gasteiger partial charge in [-0.25, -0.2) is 0 Å². The van der Waals surface area contributed by atoms with Crippen LogP contribution in [0.5, 0.6) is 0 Å². The van der Waals surface area contributed by atoms with Gasteiger partial charge < -0.3 is 10.6 Å². The van der Waals surface area contributed by atoms with Crippen LogP contribution < -0.4 is 5.73 Å². The van der Waals surface area contributed by atoms with Crippen LogP contribution >= 0.6 is 0 Å². The molecule has 0 atom stereocenters. The van der Waals surface area contributed by atoms with Crippen molar-refractivity contribution < 1.29 is 4.79 Å². The van der Waals surface area contributed by atoms with Crippen molar-refractivity contribution in [2.24, 2.45) is 11.7 Å². The molecule has 3 nitrogen and oxygen atoms in total. The minimum Gasteiger partial charge on any atom is -0.366 e. The van der Waals surface area contributed by atoms with Gasteiger partial charge in [-0.2, -0.15) is 0 Å². The maximum absolute atomic E-state index is 11.0. The molecule has 5 aromatic carbocycles. The van der Waals surface area contributed by atoms with E-state index in [1.54, 1.807) is 17.2 Å². The van der Waals surface area contributed by atoms with Crippen LogP contribution in [0.1, 0.15) is 53.6 Å². The predicted octanol–water partition coefficient (Wildman–Crippen LogP) is 7.91. The number of benzene rings is 5. The third kappa shape index (κ3) is 5.55. The van der Waals surface area contributed by atoms with Gasteiger partial charge in [0, 0.05) is 5.56 Å². The molecule has 3 heteroatoms. The second-order valence-corrected chi connectivity index (χ2v) is 11.3. The first-order valence-electron chi connectivity index (χ1n) is 14.6. The SMILES string of the molecule is C1CN2CCC1CC2.NC(=O)c1cccc2ccccc12.c1ccc2c(c1)ccc1c3c(ccc12)CCCC3. The molecular weight excluding hydrogens is 476 g/mol. The summed E-state index contributed by atoms with van der Waals surface area (Å²) in [5, 5.41) is 7.60. The Hall–Kier alpha value is -3.69. The highest BCUT2D eigenvalue weighted by atomic mass is 16.1. The molecule has 2 N–H and O–H groups in total. The number of nitrogens with two attached hydrogens (primary N) is 1. The number of aryl methyl sites for hydroxylation is 2. The minimum absolute atomic E-state index is 0.378. The number of nitrogens with zero attached hydrogens (tertiary/aromatic N) is 1. The zero-order valence-corrected chi connectivity index (χ0v) is 22.7. The van der Waals surface area contributed by atoms with E-state index in [2.05, 4.69) is 53.4 Å². The highest BCUT2D eigenvalue weighted by Crippen LogP contribution is 2.33. The summed E-state index contributed by atoms with van der Waals surface area (Å²) in [6, 6.07) is 31.2. The molecule has 3 aliphatic heterocycles. The minimum atomic E-state index is -0.378. The second-order valence-electron chi connectivity index (χ2n) is 11.3. The van der Waals surface area contributed by atoms with Crippen LogP contribution in [0, 0.1) is 5.92 Å². The van der Waals surface area contributed by atoms with Gasteiger partial charge in [0.15, 0.2) is 0 Å². The number of hydrogen-bond donors (Lipinski definition) is 1. The molecule has 1 amide bonds. The predicted molar refractivity (Wildman–Crippen MR) is 164 cm³/mol. The van der Waals surface area contributed by atoms with E-state index in [1.807, 2.05) is 36.4 Å². The smallest absolute Gasteiger partial charge is 0.249 e. The number of fused-ring (bicyclic) bond motifs is 9. The van der Waals surface area contributed by atoms with E-state index in [0.29, 0.717) is 5.56 Å². The Labute approximate surface area is 231 Å². The first-order valence-corrected chi connectivity index (χ1v) is 14.6. The number of carbonyl (C=O) groups excluding carboxylic acids is 1. The molecule has 2 bridgehead atoms. The monoisotopic (exact) mass is 514 g/mol. The molecule has 3 saturated heterocycles. The van der Waals surface area contributed by atoms with Gasteiger partial charge in [0.25, 0.3) is 0 Å². The lowest BCUT2D eigenvalue weighted by molar-refractivity contribution is 0.100. The van der Waals surface area contributed by atoms with Crippen molar-refractivity contribution in [2.75, 3.05) is 19.6 Å². The van der Waals surface area contributed by atoms with E-state index < -0.39 is 0 Å². The first-order chi connectivity index (χ1) is 19.2. The Morgan fingerprint density at radius 3 is 1.90 bits per heavy atom. The van der Waals surface area contributed by atoms with Crippen molar-refractivity contribution in [3.05, 3.63) is 108 Å². The fourth-order valence-electron chi connectivity index (χ4n) is 6.65. The molecule has 0 unspecified atom stereocenters. The van der Waals surface area contributed by atoms with Crippen LogP contribution in [0.4, 0.5) is 0 Å². The molecule has 0 aromatic heterocycles. The third-order valence-corrected chi connectivity index (χ3v) is 8.87. The van der Waals surface area contributed by atoms with E-state index >= 15 is 0 Å². The summed E-state index contributed by atoms with van der Waals surface area (Å²) in [4.78, 5) is 13.6. The summed E-state index contributed by atoms with van der Waals surface area (Å²) in [6.45, 7) is 4.18. The van der Waals surface area contributed by atoms with Crippen molar-refractivity contribution in [3.8, 4) is 0 Å². The molecule has 4 aliphatic rings. The van der Waals surface area contributed by atoms with Crippen molar-refractivity contribution in [3.63, 3.8) is 0 Å². The summed E-state index contributed by atoms with van der Waals surface area (Å²) in [5.74, 6) is 0.733. The topological polar surface area (TPSA) is 46.3 Å². The number of hydrogen-bond acceptors (Lipinski definition) is 2. The zero-order chi connectivity index (χ0) is 26.6. The summed E-state index contributed by atoms with van der Waals surface area (Å²) in [7, 11) is 0. The molecule has 3 fully saturated rings. The van der Waals surface area contributed by atoms with Crippen LogP contribution in [0.3, 0.4) is 0 Å². The van der Waals surface area contributed by atoms with Gasteiger partial charge in [-0.05, 0) is 120 Å². The van der Waals surface area contributed by atoms with E-state index in [0.717, 1.165) is 16.7 Å². The van der Waals surface area contributed by atoms with E-state index in [1.165, 1.54) is 86.1 Å². The fraction of sp³-hybridized carbons (Fsp3) is 0.306. The highest BCUT2D eigenvalue weighted by Gasteiger charge is 2.24. The highest BCUT2D eigenvalue weighted by molar-refractivity contribution is 6.09. The summed E-state index contributed by atoms with van der Waals surface area (Å²) in [6.07, 6.45) is 9.67. The van der Waals surface area contributed by atoms with Crippen molar-refractivity contribution >= 4 is 38.2 Å². The van der Waals surface area contributed by atoms with Gasteiger partial charge >= 0.3 is 0 Å². The Kier molecular flexibility index (Phi) is 7.60. The molecular formula is C36H38N2O. The Morgan fingerprint density at radius 2 is 1.23 bits per heavy atom. The second kappa shape index (κ2) is 11.6. The maximum atomic E-state index is 11.0. The number of rotatable bonds is 1. The molecule has 198 valence electrons. The van der Waals surface area contributed by atoms with E-state index in [4.69, 9.17) is 5.73 Å². The van der Waals surface area contributed by atoms with E-state index in [9.17, 15) is 4.79 Å². The summed E-state index contributed by atoms with van der Waals surface area (Å²) < 4.78 is 0. The zero-order valence-electron chi connectivity index (χ0n) is 22.7. The van der Waals surface area contributed by atoms with Gasteiger partial charge in [0.1, 0.15) is 0 Å². The van der Waals surface area contributed by atoms with Crippen LogP contribution in [-0.4, -0.2) is 30.4 Å². The standard InChI is InChI=1S/C18H16.C11H9NO.C7H13N/c1-3-7-15-13(5-1)9-11-18-16-8-4-2-6-14(16)10-12-17(15)18;12-11(13)10-7-3-5-8-4-1-2-6-9(8)10;1-4-8-5-2-7(1)3-6-8/h1,3,5,7,9-12H,2,4,6,8H2;1-7H,(H2,12,13);7H,1-6H2. The number of primary amides is 1. The van der Waals surface area contributed by atoms with Gasteiger partial charge in [-0.3, -0.25) is 4.79 Å². The first kappa shape index (κ1) is 25.6. The lowest BCUT2D eigenvalue weighted by Crippen LogP contribution is -2.41. The molecule has 0 spiro atoms. The lowest BCUT2D eigenvalue weighted by Gasteiger charge is -2.38. The van der Waals surface area contributed by atoms with Gasteiger partial charge in [0.2, 0.25) is 5.91 Å². The molecule has 0 radical (unpaired) electrons. The number of carbonyl (C=O) groups is 1. The van der Waals surface area contributed by atoms with Crippen LogP contribution in [0.2, 0.25) is 0 Å². The fourth-order valence-corrected chi connectivity index (χ4v) is 6.65. The largest absolute Gasteiger partial charge is 0.366 e. The quantitative estimate of drug-likeness (QED) is 0.231. The van der Waals surface area contributed by atoms with Crippen molar-refractivity contribution in [1.29, 1.82) is 0 Å². The molecule has 39 heavy (non-hydrogen) atoms. The summed E-state index contributed by atoms with van der Waals surface area (Å²) >= 11 is 0. The van der Waals surface area contributed by atoms with Crippen molar-refractivity contribution in [2.45, 2.75) is 44.9 Å². The molecule has 9 rings (SSSR count). The average molecular weight is 515 g/mol. The number of piperidine rings is 3. The third-order valence-electron chi connectivity index (χ3n) is 8.87. The van der Waals surface area contributed by atoms with Crippen LogP contribution in [0.25, 0.3) is 32.3 Å². The molecule has 0 saturated carbocycles. The lowest BCUT2D eigenvalue weighted by atomic mass is 9.86. The number of amides is 1. The molecule has 1 aliphatic carbocycles. The Balaban J connectivity index is 0.000000115. The molecule has 3 heterocycles. The van der Waals surface area contributed by atoms with Crippen LogP contribution in [-0.2, 0) is 12.8 Å². The Morgan fingerprint density at radius 1 is 0.615 bits per heavy atom.